The molecule has 6 heteroatoms. The second kappa shape index (κ2) is 6.10. The molecule has 0 aliphatic heterocycles. The highest BCUT2D eigenvalue weighted by Gasteiger charge is 2.16. The summed E-state index contributed by atoms with van der Waals surface area (Å²) < 4.78 is 6.82. The van der Waals surface area contributed by atoms with E-state index in [0.29, 0.717) is 24.5 Å². The van der Waals surface area contributed by atoms with Crippen molar-refractivity contribution in [1.82, 2.24) is 15.1 Å². The molecule has 0 saturated carbocycles. The molecular formula is C14H18N4O2. The lowest BCUT2D eigenvalue weighted by molar-refractivity contribution is 0.0941. The Labute approximate surface area is 117 Å². The van der Waals surface area contributed by atoms with Crippen molar-refractivity contribution in [2.45, 2.75) is 20.0 Å². The Morgan fingerprint density at radius 1 is 1.45 bits per heavy atom. The highest BCUT2D eigenvalue weighted by atomic mass is 16.5. The number of methoxy groups -OCH3 is 1. The molecule has 0 aliphatic carbocycles. The topological polar surface area (TPSA) is 82.2 Å². The molecule has 2 aromatic rings. The Kier molecular flexibility index (Phi) is 4.24. The summed E-state index contributed by atoms with van der Waals surface area (Å²) in [5.74, 6) is 0.498. The van der Waals surface area contributed by atoms with E-state index in [-0.39, 0.29) is 5.91 Å². The van der Waals surface area contributed by atoms with Crippen LogP contribution in [0.15, 0.2) is 30.5 Å². The number of aryl methyl sites for hydroxylation is 1. The van der Waals surface area contributed by atoms with Gasteiger partial charge in [-0.05, 0) is 13.0 Å². The van der Waals surface area contributed by atoms with Crippen LogP contribution in [-0.2, 0) is 13.1 Å². The summed E-state index contributed by atoms with van der Waals surface area (Å²) in [7, 11) is 1.60. The van der Waals surface area contributed by atoms with Crippen LogP contribution in [0.25, 0.3) is 0 Å². The quantitative estimate of drug-likeness (QED) is 0.864. The van der Waals surface area contributed by atoms with E-state index >= 15 is 0 Å². The Hall–Kier alpha value is -2.50. The number of nitrogens with two attached hydrogens (primary N) is 1. The summed E-state index contributed by atoms with van der Waals surface area (Å²) in [6.07, 6.45) is 1.49. The molecule has 20 heavy (non-hydrogen) atoms. The third-order valence-electron chi connectivity index (χ3n) is 3.01. The molecule has 0 unspecified atom stereocenters. The first-order valence-corrected chi connectivity index (χ1v) is 6.38. The van der Waals surface area contributed by atoms with Gasteiger partial charge in [-0.25, -0.2) is 0 Å². The van der Waals surface area contributed by atoms with Crippen LogP contribution in [0.3, 0.4) is 0 Å². The van der Waals surface area contributed by atoms with Crippen LogP contribution in [0.1, 0.15) is 23.0 Å². The van der Waals surface area contributed by atoms with Crippen LogP contribution in [0.2, 0.25) is 0 Å². The third-order valence-corrected chi connectivity index (χ3v) is 3.01. The summed E-state index contributed by atoms with van der Waals surface area (Å²) in [6.45, 7) is 2.87. The van der Waals surface area contributed by atoms with Crippen LogP contribution in [0.4, 0.5) is 5.69 Å². The van der Waals surface area contributed by atoms with Gasteiger partial charge in [-0.15, -0.1) is 0 Å². The van der Waals surface area contributed by atoms with Crippen molar-refractivity contribution in [1.29, 1.82) is 0 Å². The molecule has 3 N–H and O–H groups in total. The van der Waals surface area contributed by atoms with Crippen molar-refractivity contribution < 1.29 is 9.53 Å². The highest BCUT2D eigenvalue weighted by molar-refractivity contribution is 5.97. The number of ether oxygens (including phenoxy) is 1. The van der Waals surface area contributed by atoms with E-state index in [4.69, 9.17) is 10.5 Å². The van der Waals surface area contributed by atoms with Gasteiger partial charge in [0.1, 0.15) is 11.4 Å². The fraction of sp³-hybridized carbons (Fsp3) is 0.286. The fourth-order valence-corrected chi connectivity index (χ4v) is 2.00. The third kappa shape index (κ3) is 2.74. The average molecular weight is 274 g/mol. The molecule has 0 bridgehead atoms. The fourth-order valence-electron chi connectivity index (χ4n) is 2.00. The van der Waals surface area contributed by atoms with Crippen LogP contribution in [0.5, 0.6) is 5.75 Å². The summed E-state index contributed by atoms with van der Waals surface area (Å²) in [5, 5.41) is 6.88. The summed E-state index contributed by atoms with van der Waals surface area (Å²) >= 11 is 0. The van der Waals surface area contributed by atoms with Gasteiger partial charge in [0, 0.05) is 18.7 Å². The van der Waals surface area contributed by atoms with E-state index in [2.05, 4.69) is 10.4 Å². The predicted octanol–water partition coefficient (Wildman–Crippen LogP) is 1.42. The minimum absolute atomic E-state index is 0.243. The number of anilines is 1. The maximum absolute atomic E-state index is 12.2. The number of hydrogen-bond donors (Lipinski definition) is 2. The molecule has 0 saturated heterocycles. The molecule has 2 rings (SSSR count). The van der Waals surface area contributed by atoms with E-state index in [9.17, 15) is 4.79 Å². The normalized spacial score (nSPS) is 10.3. The predicted molar refractivity (Wildman–Crippen MR) is 76.5 cm³/mol. The standard InChI is InChI=1S/C14H18N4O2/c1-3-18-13(11(15)9-17-18)14(19)16-8-10-6-4-5-7-12(10)20-2/h4-7,9H,3,8,15H2,1-2H3,(H,16,19). The number of nitrogens with zero attached hydrogens (tertiary/aromatic N) is 2. The number of aromatic nitrogens is 2. The van der Waals surface area contributed by atoms with Crippen molar-refractivity contribution >= 4 is 11.6 Å². The second-order valence-electron chi connectivity index (χ2n) is 4.26. The van der Waals surface area contributed by atoms with E-state index < -0.39 is 0 Å². The van der Waals surface area contributed by atoms with Crippen molar-refractivity contribution in [2.75, 3.05) is 12.8 Å². The molecule has 0 radical (unpaired) electrons. The van der Waals surface area contributed by atoms with E-state index in [1.807, 2.05) is 31.2 Å². The maximum Gasteiger partial charge on any atom is 0.271 e. The molecule has 0 atom stereocenters. The van der Waals surface area contributed by atoms with E-state index in [0.717, 1.165) is 11.3 Å². The van der Waals surface area contributed by atoms with Gasteiger partial charge in [0.25, 0.3) is 5.91 Å². The van der Waals surface area contributed by atoms with E-state index in [1.165, 1.54) is 6.20 Å². The van der Waals surface area contributed by atoms with Gasteiger partial charge in [-0.2, -0.15) is 5.10 Å². The van der Waals surface area contributed by atoms with Gasteiger partial charge in [0.05, 0.1) is 19.0 Å². The number of carbonyl (C=O) groups excluding carboxylic acids is 1. The lowest BCUT2D eigenvalue weighted by Gasteiger charge is -2.10. The molecular weight excluding hydrogens is 256 g/mol. The highest BCUT2D eigenvalue weighted by Crippen LogP contribution is 2.17. The zero-order valence-corrected chi connectivity index (χ0v) is 11.6. The number of hydrogen-bond acceptors (Lipinski definition) is 4. The van der Waals surface area contributed by atoms with Crippen LogP contribution < -0.4 is 15.8 Å². The Bertz CT molecular complexity index is 607. The molecule has 0 spiro atoms. The molecule has 106 valence electrons. The molecule has 0 fully saturated rings. The molecule has 0 aliphatic rings. The number of para-hydroxylation sites is 1. The minimum Gasteiger partial charge on any atom is -0.496 e. The molecule has 1 amide bonds. The maximum atomic E-state index is 12.2. The smallest absolute Gasteiger partial charge is 0.271 e. The summed E-state index contributed by atoms with van der Waals surface area (Å²) in [4.78, 5) is 12.2. The number of rotatable bonds is 5. The SMILES string of the molecule is CCn1ncc(N)c1C(=O)NCc1ccccc1OC. The van der Waals surface area contributed by atoms with Crippen LogP contribution in [-0.4, -0.2) is 22.8 Å². The van der Waals surface area contributed by atoms with Gasteiger partial charge < -0.3 is 15.8 Å². The van der Waals surface area contributed by atoms with Gasteiger partial charge in [-0.3, -0.25) is 9.48 Å². The van der Waals surface area contributed by atoms with Crippen LogP contribution >= 0.6 is 0 Å². The number of amides is 1. The monoisotopic (exact) mass is 274 g/mol. The van der Waals surface area contributed by atoms with Crippen molar-refractivity contribution in [3.05, 3.63) is 41.7 Å². The van der Waals surface area contributed by atoms with Crippen LogP contribution in [0, 0.1) is 0 Å². The number of benzene rings is 1. The van der Waals surface area contributed by atoms with Crippen molar-refractivity contribution in [3.8, 4) is 5.75 Å². The first kappa shape index (κ1) is 13.9. The summed E-state index contributed by atoms with van der Waals surface area (Å²) in [6, 6.07) is 7.54. The molecule has 1 aromatic heterocycles. The average Bonchev–Trinajstić information content (AvgIpc) is 2.86. The first-order chi connectivity index (χ1) is 9.67. The zero-order chi connectivity index (χ0) is 14.5. The number of nitrogen functional groups attached to an aromatic ring is 1. The van der Waals surface area contributed by atoms with Gasteiger partial charge in [0.15, 0.2) is 0 Å². The van der Waals surface area contributed by atoms with Gasteiger partial charge >= 0.3 is 0 Å². The Morgan fingerprint density at radius 2 is 2.20 bits per heavy atom. The second-order valence-corrected chi connectivity index (χ2v) is 4.26. The lowest BCUT2D eigenvalue weighted by atomic mass is 10.2. The zero-order valence-electron chi connectivity index (χ0n) is 11.6. The van der Waals surface area contributed by atoms with Gasteiger partial charge in [-0.1, -0.05) is 18.2 Å². The molecule has 6 nitrogen and oxygen atoms in total. The number of carbonyl (C=O) groups is 1. The molecule has 1 aromatic carbocycles. The number of nitrogens with one attached hydrogen (secondary N) is 1. The Balaban J connectivity index is 2.11. The largest absolute Gasteiger partial charge is 0.496 e. The first-order valence-electron chi connectivity index (χ1n) is 6.38. The van der Waals surface area contributed by atoms with Gasteiger partial charge in [0.2, 0.25) is 0 Å². The minimum atomic E-state index is -0.243. The molecule has 1 heterocycles. The van der Waals surface area contributed by atoms with Crippen molar-refractivity contribution in [3.63, 3.8) is 0 Å². The lowest BCUT2D eigenvalue weighted by Crippen LogP contribution is -2.26. The van der Waals surface area contributed by atoms with E-state index in [1.54, 1.807) is 11.8 Å². The summed E-state index contributed by atoms with van der Waals surface area (Å²) in [5.41, 5.74) is 7.45. The van der Waals surface area contributed by atoms with Crippen molar-refractivity contribution in [2.24, 2.45) is 0 Å². The Morgan fingerprint density at radius 3 is 2.90 bits per heavy atom.